The third-order valence-corrected chi connectivity index (χ3v) is 3.96. The number of fused-ring (bicyclic) bond motifs is 1. The molecule has 1 aromatic heterocycles. The zero-order valence-corrected chi connectivity index (χ0v) is 13.7. The van der Waals surface area contributed by atoms with E-state index in [2.05, 4.69) is 15.3 Å². The van der Waals surface area contributed by atoms with E-state index in [4.69, 9.17) is 0 Å². The van der Waals surface area contributed by atoms with Crippen molar-refractivity contribution in [2.45, 2.75) is 13.8 Å². The molecular weight excluding hydrogens is 308 g/mol. The molecule has 0 aliphatic heterocycles. The van der Waals surface area contributed by atoms with E-state index in [0.717, 1.165) is 22.5 Å². The van der Waals surface area contributed by atoms with Crippen LogP contribution in [0.25, 0.3) is 27.6 Å². The van der Waals surface area contributed by atoms with Gasteiger partial charge < -0.3 is 5.32 Å². The summed E-state index contributed by atoms with van der Waals surface area (Å²) in [6.07, 6.45) is 1.95. The van der Waals surface area contributed by atoms with Gasteiger partial charge in [-0.1, -0.05) is 12.1 Å². The van der Waals surface area contributed by atoms with Gasteiger partial charge in [-0.25, -0.2) is 18.7 Å². The van der Waals surface area contributed by atoms with Crippen LogP contribution in [0.15, 0.2) is 42.5 Å². The fraction of sp³-hybridized carbons (Fsp3) is 0.158. The zero-order valence-electron chi connectivity index (χ0n) is 13.7. The van der Waals surface area contributed by atoms with E-state index >= 15 is 0 Å². The lowest BCUT2D eigenvalue weighted by Gasteiger charge is -2.10. The minimum atomic E-state index is -0.595. The summed E-state index contributed by atoms with van der Waals surface area (Å²) in [6.45, 7) is 3.88. The number of aromatic nitrogens is 2. The molecule has 0 spiro atoms. The Labute approximate surface area is 139 Å². The third kappa shape index (κ3) is 2.85. The van der Waals surface area contributed by atoms with Crippen molar-refractivity contribution in [3.8, 4) is 11.1 Å². The quantitative estimate of drug-likeness (QED) is 0.733. The van der Waals surface area contributed by atoms with E-state index in [0.29, 0.717) is 22.8 Å². The van der Waals surface area contributed by atoms with Crippen LogP contribution in [0.1, 0.15) is 19.7 Å². The number of nitrogens with one attached hydrogen (secondary N) is 1. The first-order chi connectivity index (χ1) is 11.5. The van der Waals surface area contributed by atoms with Crippen molar-refractivity contribution in [1.29, 1.82) is 0 Å². The number of halogens is 2. The predicted octanol–water partition coefficient (Wildman–Crippen LogP) is 5.04. The van der Waals surface area contributed by atoms with Crippen LogP contribution in [0.3, 0.4) is 0 Å². The number of nitrogens with zero attached hydrogens (tertiary/aromatic N) is 2. The molecule has 0 saturated carbocycles. The van der Waals surface area contributed by atoms with Crippen molar-refractivity contribution in [1.82, 2.24) is 9.97 Å². The minimum Gasteiger partial charge on any atom is -0.373 e. The Bertz CT molecular complexity index is 949. The lowest BCUT2D eigenvalue weighted by atomic mass is 10.0. The monoisotopic (exact) mass is 325 g/mol. The molecule has 3 rings (SSSR count). The Morgan fingerprint density at radius 1 is 1.08 bits per heavy atom. The molecule has 0 unspecified atom stereocenters. The second-order valence-corrected chi connectivity index (χ2v) is 5.47. The summed E-state index contributed by atoms with van der Waals surface area (Å²) in [4.78, 5) is 9.07. The average Bonchev–Trinajstić information content (AvgIpc) is 2.59. The normalized spacial score (nSPS) is 11.8. The molecule has 1 heterocycles. The molecule has 0 fully saturated rings. The Hall–Kier alpha value is -2.82. The molecule has 0 aliphatic carbocycles. The van der Waals surface area contributed by atoms with Crippen LogP contribution in [0.2, 0.25) is 0 Å². The van der Waals surface area contributed by atoms with Crippen LogP contribution in [0.4, 0.5) is 14.6 Å². The van der Waals surface area contributed by atoms with Gasteiger partial charge in [-0.2, -0.15) is 0 Å². The fourth-order valence-corrected chi connectivity index (χ4v) is 2.52. The Balaban J connectivity index is 2.21. The van der Waals surface area contributed by atoms with Gasteiger partial charge in [0.1, 0.15) is 17.5 Å². The lowest BCUT2D eigenvalue weighted by Crippen LogP contribution is -2.00. The lowest BCUT2D eigenvalue weighted by molar-refractivity contribution is 0.585. The molecule has 5 heteroatoms. The standard InChI is InChI=1S/C19H17F2N3/c1-4-11(2)18-23-17-8-5-12(9-15(17)19(22-3)24-18)14-7-6-13(20)10-16(14)21/h4-10H,1-3H3,(H,22,23,24)/b11-4+. The van der Waals surface area contributed by atoms with E-state index in [1.54, 1.807) is 13.1 Å². The van der Waals surface area contributed by atoms with E-state index in [-0.39, 0.29) is 0 Å². The third-order valence-electron chi connectivity index (χ3n) is 3.96. The van der Waals surface area contributed by atoms with Crippen molar-refractivity contribution >= 4 is 22.3 Å². The first-order valence-corrected chi connectivity index (χ1v) is 7.61. The number of anilines is 1. The summed E-state index contributed by atoms with van der Waals surface area (Å²) in [6, 6.07) is 8.97. The maximum absolute atomic E-state index is 14.0. The van der Waals surface area contributed by atoms with Crippen molar-refractivity contribution in [2.75, 3.05) is 12.4 Å². The highest BCUT2D eigenvalue weighted by Gasteiger charge is 2.11. The average molecular weight is 325 g/mol. The number of benzene rings is 2. The topological polar surface area (TPSA) is 37.8 Å². The Morgan fingerprint density at radius 2 is 1.88 bits per heavy atom. The summed E-state index contributed by atoms with van der Waals surface area (Å²) in [5, 5.41) is 3.84. The zero-order chi connectivity index (χ0) is 17.3. The highest BCUT2D eigenvalue weighted by atomic mass is 19.1. The summed E-state index contributed by atoms with van der Waals surface area (Å²) in [7, 11) is 1.78. The molecular formula is C19H17F2N3. The maximum Gasteiger partial charge on any atom is 0.157 e. The number of allylic oxidation sites excluding steroid dienone is 2. The molecule has 0 aliphatic rings. The van der Waals surface area contributed by atoms with E-state index in [1.165, 1.54) is 12.1 Å². The molecule has 1 N–H and O–H groups in total. The van der Waals surface area contributed by atoms with E-state index < -0.39 is 11.6 Å². The fourth-order valence-electron chi connectivity index (χ4n) is 2.52. The second kappa shape index (κ2) is 6.35. The van der Waals surface area contributed by atoms with Gasteiger partial charge in [-0.05, 0) is 49.2 Å². The predicted molar refractivity (Wildman–Crippen MR) is 93.8 cm³/mol. The van der Waals surface area contributed by atoms with Crippen molar-refractivity contribution in [2.24, 2.45) is 0 Å². The van der Waals surface area contributed by atoms with Gasteiger partial charge in [-0.3, -0.25) is 0 Å². The first kappa shape index (κ1) is 16.1. The van der Waals surface area contributed by atoms with E-state index in [1.807, 2.05) is 32.1 Å². The van der Waals surface area contributed by atoms with Crippen LogP contribution < -0.4 is 5.32 Å². The molecule has 122 valence electrons. The van der Waals surface area contributed by atoms with Crippen molar-refractivity contribution in [3.05, 3.63) is 59.9 Å². The SMILES string of the molecule is C/C=C(\C)c1nc(NC)c2cc(-c3ccc(F)cc3F)ccc2n1. The molecule has 0 atom stereocenters. The Kier molecular flexibility index (Phi) is 4.25. The van der Waals surface area contributed by atoms with Gasteiger partial charge >= 0.3 is 0 Å². The molecule has 0 radical (unpaired) electrons. The smallest absolute Gasteiger partial charge is 0.157 e. The molecule has 0 saturated heterocycles. The summed E-state index contributed by atoms with van der Waals surface area (Å²) < 4.78 is 27.2. The molecule has 0 amide bonds. The van der Waals surface area contributed by atoms with Gasteiger partial charge in [0, 0.05) is 24.1 Å². The van der Waals surface area contributed by atoms with Crippen LogP contribution in [-0.4, -0.2) is 17.0 Å². The van der Waals surface area contributed by atoms with Crippen molar-refractivity contribution in [3.63, 3.8) is 0 Å². The largest absolute Gasteiger partial charge is 0.373 e. The van der Waals surface area contributed by atoms with Crippen LogP contribution in [0.5, 0.6) is 0 Å². The molecule has 2 aromatic carbocycles. The van der Waals surface area contributed by atoms with Gasteiger partial charge in [-0.15, -0.1) is 0 Å². The molecule has 3 nitrogen and oxygen atoms in total. The summed E-state index contributed by atoms with van der Waals surface area (Å²) in [5.74, 6) is 0.126. The van der Waals surface area contributed by atoms with Crippen LogP contribution in [0, 0.1) is 11.6 Å². The number of hydrogen-bond acceptors (Lipinski definition) is 3. The maximum atomic E-state index is 14.0. The van der Waals surface area contributed by atoms with Gasteiger partial charge in [0.15, 0.2) is 5.82 Å². The van der Waals surface area contributed by atoms with Gasteiger partial charge in [0.25, 0.3) is 0 Å². The first-order valence-electron chi connectivity index (χ1n) is 7.61. The second-order valence-electron chi connectivity index (χ2n) is 5.47. The minimum absolute atomic E-state index is 0.342. The molecule has 24 heavy (non-hydrogen) atoms. The Morgan fingerprint density at radius 3 is 2.54 bits per heavy atom. The van der Waals surface area contributed by atoms with Crippen LogP contribution >= 0.6 is 0 Å². The summed E-state index contributed by atoms with van der Waals surface area (Å²) in [5.41, 5.74) is 2.73. The highest BCUT2D eigenvalue weighted by Crippen LogP contribution is 2.30. The van der Waals surface area contributed by atoms with Crippen LogP contribution in [-0.2, 0) is 0 Å². The molecule has 3 aromatic rings. The number of hydrogen-bond donors (Lipinski definition) is 1. The molecule has 0 bridgehead atoms. The highest BCUT2D eigenvalue weighted by molar-refractivity contribution is 5.93. The van der Waals surface area contributed by atoms with E-state index in [9.17, 15) is 8.78 Å². The van der Waals surface area contributed by atoms with Gasteiger partial charge in [0.05, 0.1) is 5.52 Å². The van der Waals surface area contributed by atoms with Gasteiger partial charge in [0.2, 0.25) is 0 Å². The van der Waals surface area contributed by atoms with Crippen molar-refractivity contribution < 1.29 is 8.78 Å². The number of rotatable bonds is 3. The summed E-state index contributed by atoms with van der Waals surface area (Å²) >= 11 is 0.